The summed E-state index contributed by atoms with van der Waals surface area (Å²) >= 11 is 0. The molecule has 1 aromatic carbocycles. The fourth-order valence-corrected chi connectivity index (χ4v) is 3.32. The number of hydrogen-bond donors (Lipinski definition) is 2. The Labute approximate surface area is 145 Å². The van der Waals surface area contributed by atoms with Gasteiger partial charge in [0.1, 0.15) is 5.75 Å². The fraction of sp³-hybridized carbons (Fsp3) is 0.632. The number of amides is 2. The first kappa shape index (κ1) is 18.6. The highest BCUT2D eigenvalue weighted by molar-refractivity contribution is 5.75. The summed E-state index contributed by atoms with van der Waals surface area (Å²) in [5.74, 6) is 1.27. The first-order valence-electron chi connectivity index (χ1n) is 8.96. The Morgan fingerprint density at radius 2 is 2.17 bits per heavy atom. The van der Waals surface area contributed by atoms with E-state index in [0.29, 0.717) is 19.1 Å². The van der Waals surface area contributed by atoms with Crippen LogP contribution >= 0.6 is 0 Å². The minimum atomic E-state index is -0.0970. The molecule has 1 saturated heterocycles. The predicted molar refractivity (Wildman–Crippen MR) is 95.2 cm³/mol. The highest BCUT2D eigenvalue weighted by Crippen LogP contribution is 2.30. The van der Waals surface area contributed by atoms with Crippen LogP contribution in [0.15, 0.2) is 24.3 Å². The molecule has 134 valence electrons. The molecule has 2 rings (SSSR count). The van der Waals surface area contributed by atoms with E-state index < -0.39 is 0 Å². The van der Waals surface area contributed by atoms with Crippen molar-refractivity contribution in [1.82, 2.24) is 10.2 Å². The van der Waals surface area contributed by atoms with Gasteiger partial charge in [-0.25, -0.2) is 4.79 Å². The van der Waals surface area contributed by atoms with Crippen LogP contribution in [0.5, 0.6) is 5.75 Å². The molecule has 2 N–H and O–H groups in total. The van der Waals surface area contributed by atoms with Gasteiger partial charge in [-0.15, -0.1) is 0 Å². The highest BCUT2D eigenvalue weighted by atomic mass is 16.5. The Bertz CT molecular complexity index is 533. The normalized spacial score (nSPS) is 18.7. The summed E-state index contributed by atoms with van der Waals surface area (Å²) in [7, 11) is 0. The maximum atomic E-state index is 12.7. The van der Waals surface area contributed by atoms with E-state index in [9.17, 15) is 9.90 Å². The summed E-state index contributed by atoms with van der Waals surface area (Å²) in [4.78, 5) is 14.5. The van der Waals surface area contributed by atoms with Gasteiger partial charge >= 0.3 is 6.03 Å². The van der Waals surface area contributed by atoms with E-state index >= 15 is 0 Å². The van der Waals surface area contributed by atoms with E-state index in [0.717, 1.165) is 30.6 Å². The monoisotopic (exact) mass is 334 g/mol. The van der Waals surface area contributed by atoms with E-state index in [4.69, 9.17) is 4.74 Å². The quantitative estimate of drug-likeness (QED) is 0.804. The van der Waals surface area contributed by atoms with Crippen LogP contribution < -0.4 is 10.1 Å². The number of hydrogen-bond acceptors (Lipinski definition) is 3. The molecule has 1 aromatic rings. The molecule has 0 saturated carbocycles. The van der Waals surface area contributed by atoms with Crippen molar-refractivity contribution in [3.8, 4) is 5.75 Å². The molecule has 0 aliphatic carbocycles. The number of likely N-dealkylation sites (tertiary alicyclic amines) is 1. The molecule has 5 heteroatoms. The number of para-hydroxylation sites is 1. The average Bonchev–Trinajstić information content (AvgIpc) is 3.03. The molecule has 2 atom stereocenters. The Morgan fingerprint density at radius 1 is 1.42 bits per heavy atom. The summed E-state index contributed by atoms with van der Waals surface area (Å²) in [6.07, 6.45) is 2.66. The van der Waals surface area contributed by atoms with Crippen LogP contribution in [-0.2, 0) is 0 Å². The second kappa shape index (κ2) is 8.92. The molecule has 1 aliphatic rings. The Balaban J connectivity index is 2.18. The third-order valence-electron chi connectivity index (χ3n) is 4.45. The second-order valence-electron chi connectivity index (χ2n) is 6.77. The molecule has 5 nitrogen and oxygen atoms in total. The summed E-state index contributed by atoms with van der Waals surface area (Å²) in [5.41, 5.74) is 1.01. The zero-order valence-corrected chi connectivity index (χ0v) is 15.0. The Kier molecular flexibility index (Phi) is 6.91. The molecule has 0 radical (unpaired) electrons. The predicted octanol–water partition coefficient (Wildman–Crippen LogP) is 3.34. The standard InChI is InChI=1S/C19H30N2O3/c1-4-24-18-10-6-5-9-16(18)17(12-14(2)3)20-19(23)21-11-7-8-15(21)13-22/h5-6,9-10,14-15,17,22H,4,7-8,11-13H2,1-3H3,(H,20,23). The number of nitrogens with zero attached hydrogens (tertiary/aromatic N) is 1. The molecule has 2 amide bonds. The first-order valence-corrected chi connectivity index (χ1v) is 8.96. The van der Waals surface area contributed by atoms with Gasteiger partial charge in [0.05, 0.1) is 25.3 Å². The highest BCUT2D eigenvalue weighted by Gasteiger charge is 2.30. The zero-order valence-electron chi connectivity index (χ0n) is 15.0. The molecule has 0 aromatic heterocycles. The van der Waals surface area contributed by atoms with E-state index in [2.05, 4.69) is 19.2 Å². The molecular weight excluding hydrogens is 304 g/mol. The first-order chi connectivity index (χ1) is 11.6. The number of benzene rings is 1. The second-order valence-corrected chi connectivity index (χ2v) is 6.77. The van der Waals surface area contributed by atoms with Crippen LogP contribution in [0.2, 0.25) is 0 Å². The van der Waals surface area contributed by atoms with Crippen molar-refractivity contribution in [2.24, 2.45) is 5.92 Å². The van der Waals surface area contributed by atoms with Crippen molar-refractivity contribution >= 4 is 6.03 Å². The number of aliphatic hydroxyl groups is 1. The van der Waals surface area contributed by atoms with Crippen LogP contribution in [0, 0.1) is 5.92 Å². The van der Waals surface area contributed by atoms with Gasteiger partial charge in [0.15, 0.2) is 0 Å². The molecule has 2 unspecified atom stereocenters. The van der Waals surface area contributed by atoms with Crippen LogP contribution in [-0.4, -0.2) is 41.8 Å². The van der Waals surface area contributed by atoms with Crippen LogP contribution in [0.25, 0.3) is 0 Å². The molecule has 24 heavy (non-hydrogen) atoms. The van der Waals surface area contributed by atoms with Crippen molar-refractivity contribution < 1.29 is 14.6 Å². The van der Waals surface area contributed by atoms with Gasteiger partial charge in [0.25, 0.3) is 0 Å². The smallest absolute Gasteiger partial charge is 0.318 e. The summed E-state index contributed by atoms with van der Waals surface area (Å²) in [6.45, 7) is 7.58. The largest absolute Gasteiger partial charge is 0.494 e. The van der Waals surface area contributed by atoms with Crippen molar-refractivity contribution in [2.75, 3.05) is 19.8 Å². The average molecular weight is 334 g/mol. The van der Waals surface area contributed by atoms with Crippen molar-refractivity contribution in [1.29, 1.82) is 0 Å². The summed E-state index contributed by atoms with van der Waals surface area (Å²) in [5, 5.41) is 12.6. The lowest BCUT2D eigenvalue weighted by Gasteiger charge is -2.28. The van der Waals surface area contributed by atoms with Crippen LogP contribution in [0.3, 0.4) is 0 Å². The molecule has 1 heterocycles. The van der Waals surface area contributed by atoms with E-state index in [1.165, 1.54) is 0 Å². The number of ether oxygens (including phenoxy) is 1. The number of carbonyl (C=O) groups excluding carboxylic acids is 1. The third kappa shape index (κ3) is 4.63. The van der Waals surface area contributed by atoms with Gasteiger partial charge in [0.2, 0.25) is 0 Å². The number of aliphatic hydroxyl groups excluding tert-OH is 1. The van der Waals surface area contributed by atoms with Gasteiger partial charge in [-0.2, -0.15) is 0 Å². The third-order valence-corrected chi connectivity index (χ3v) is 4.45. The lowest BCUT2D eigenvalue weighted by Crippen LogP contribution is -2.45. The van der Waals surface area contributed by atoms with Gasteiger partial charge in [-0.05, 0) is 38.2 Å². The van der Waals surface area contributed by atoms with E-state index in [-0.39, 0.29) is 24.7 Å². The molecule has 1 aliphatic heterocycles. The maximum absolute atomic E-state index is 12.7. The van der Waals surface area contributed by atoms with Crippen molar-refractivity contribution in [2.45, 2.75) is 52.1 Å². The number of carbonyl (C=O) groups is 1. The lowest BCUT2D eigenvalue weighted by atomic mass is 9.96. The minimum Gasteiger partial charge on any atom is -0.494 e. The van der Waals surface area contributed by atoms with Gasteiger partial charge in [0, 0.05) is 12.1 Å². The van der Waals surface area contributed by atoms with Crippen LogP contribution in [0.1, 0.15) is 51.6 Å². The number of rotatable bonds is 7. The van der Waals surface area contributed by atoms with E-state index in [1.54, 1.807) is 4.90 Å². The summed E-state index contributed by atoms with van der Waals surface area (Å²) < 4.78 is 5.74. The maximum Gasteiger partial charge on any atom is 0.318 e. The van der Waals surface area contributed by atoms with Crippen molar-refractivity contribution in [3.05, 3.63) is 29.8 Å². The molecule has 1 fully saturated rings. The Morgan fingerprint density at radius 3 is 2.83 bits per heavy atom. The molecule has 0 bridgehead atoms. The molecular formula is C19H30N2O3. The minimum absolute atomic E-state index is 0.0256. The fourth-order valence-electron chi connectivity index (χ4n) is 3.32. The number of nitrogens with one attached hydrogen (secondary N) is 1. The molecule has 0 spiro atoms. The summed E-state index contributed by atoms with van der Waals surface area (Å²) in [6, 6.07) is 7.64. The van der Waals surface area contributed by atoms with Crippen molar-refractivity contribution in [3.63, 3.8) is 0 Å². The van der Waals surface area contributed by atoms with Gasteiger partial charge < -0.3 is 20.1 Å². The lowest BCUT2D eigenvalue weighted by molar-refractivity contribution is 0.153. The van der Waals surface area contributed by atoms with Gasteiger partial charge in [-0.3, -0.25) is 0 Å². The SMILES string of the molecule is CCOc1ccccc1C(CC(C)C)NC(=O)N1CCCC1CO. The topological polar surface area (TPSA) is 61.8 Å². The number of urea groups is 1. The zero-order chi connectivity index (χ0) is 17.5. The van der Waals surface area contributed by atoms with Gasteiger partial charge in [-0.1, -0.05) is 32.0 Å². The van der Waals surface area contributed by atoms with Crippen LogP contribution in [0.4, 0.5) is 4.79 Å². The Hall–Kier alpha value is -1.75. The van der Waals surface area contributed by atoms with E-state index in [1.807, 2.05) is 31.2 Å².